The molecular formula is C22H23FN4O2. The van der Waals surface area contributed by atoms with Gasteiger partial charge in [0.15, 0.2) is 5.82 Å². The minimum absolute atomic E-state index is 0.0802. The molecule has 150 valence electrons. The van der Waals surface area contributed by atoms with E-state index in [1.807, 2.05) is 12.1 Å². The van der Waals surface area contributed by atoms with E-state index in [0.29, 0.717) is 17.1 Å². The normalized spacial score (nSPS) is 14.9. The molecule has 0 radical (unpaired) electrons. The molecule has 1 fully saturated rings. The van der Waals surface area contributed by atoms with Crippen molar-refractivity contribution in [1.82, 2.24) is 9.78 Å². The molecule has 1 N–H and O–H groups in total. The Morgan fingerprint density at radius 3 is 2.48 bits per heavy atom. The second-order valence-corrected chi connectivity index (χ2v) is 7.53. The number of amides is 1. The zero-order valence-electron chi connectivity index (χ0n) is 16.3. The summed E-state index contributed by atoms with van der Waals surface area (Å²) in [5, 5.41) is 8.35. The quantitative estimate of drug-likeness (QED) is 0.736. The van der Waals surface area contributed by atoms with Crippen molar-refractivity contribution in [3.05, 3.63) is 64.7 Å². The number of hydrogen-bond donors (Lipinski definition) is 1. The monoisotopic (exact) mass is 394 g/mol. The lowest BCUT2D eigenvalue weighted by Crippen LogP contribution is -2.37. The number of piperidine rings is 1. The van der Waals surface area contributed by atoms with Crippen molar-refractivity contribution in [2.45, 2.75) is 26.3 Å². The molecule has 1 aliphatic heterocycles. The molecule has 1 amide bonds. The van der Waals surface area contributed by atoms with Gasteiger partial charge in [-0.3, -0.25) is 9.59 Å². The Balaban J connectivity index is 1.67. The van der Waals surface area contributed by atoms with Gasteiger partial charge in [-0.25, -0.2) is 9.07 Å². The van der Waals surface area contributed by atoms with Crippen LogP contribution in [0.4, 0.5) is 15.9 Å². The lowest BCUT2D eigenvalue weighted by Gasteiger charge is -2.32. The lowest BCUT2D eigenvalue weighted by atomic mass is 9.99. The molecule has 29 heavy (non-hydrogen) atoms. The minimum atomic E-state index is -0.525. The van der Waals surface area contributed by atoms with Crippen LogP contribution in [0.1, 0.15) is 19.8 Å². The van der Waals surface area contributed by atoms with Crippen molar-refractivity contribution in [3.8, 4) is 0 Å². The molecule has 2 heterocycles. The number of nitrogens with zero attached hydrogens (tertiary/aromatic N) is 3. The zero-order valence-corrected chi connectivity index (χ0v) is 16.3. The van der Waals surface area contributed by atoms with Crippen LogP contribution in [0.25, 0.3) is 10.8 Å². The average Bonchev–Trinajstić information content (AvgIpc) is 2.73. The molecule has 4 rings (SSSR count). The smallest absolute Gasteiger partial charge is 0.275 e. The third-order valence-corrected chi connectivity index (χ3v) is 5.37. The van der Waals surface area contributed by atoms with Crippen molar-refractivity contribution in [2.24, 2.45) is 5.92 Å². The molecule has 1 saturated heterocycles. The van der Waals surface area contributed by atoms with Crippen molar-refractivity contribution >= 4 is 28.2 Å². The van der Waals surface area contributed by atoms with Crippen molar-refractivity contribution in [2.75, 3.05) is 23.3 Å². The van der Waals surface area contributed by atoms with Gasteiger partial charge in [0.05, 0.1) is 11.1 Å². The fourth-order valence-corrected chi connectivity index (χ4v) is 3.67. The summed E-state index contributed by atoms with van der Waals surface area (Å²) >= 11 is 0. The number of nitrogens with one attached hydrogen (secondary N) is 1. The van der Waals surface area contributed by atoms with E-state index < -0.39 is 11.7 Å². The molecule has 2 aromatic carbocycles. The van der Waals surface area contributed by atoms with Gasteiger partial charge < -0.3 is 10.2 Å². The van der Waals surface area contributed by atoms with E-state index >= 15 is 0 Å². The molecule has 0 aliphatic carbocycles. The number of rotatable bonds is 4. The number of aromatic nitrogens is 2. The first-order chi connectivity index (χ1) is 14.0. The van der Waals surface area contributed by atoms with E-state index in [-0.39, 0.29) is 17.8 Å². The number of carbonyl (C=O) groups is 1. The van der Waals surface area contributed by atoms with E-state index in [1.165, 1.54) is 16.8 Å². The summed E-state index contributed by atoms with van der Waals surface area (Å²) < 4.78 is 15.0. The summed E-state index contributed by atoms with van der Waals surface area (Å²) in [6, 6.07) is 13.3. The van der Waals surface area contributed by atoms with Crippen LogP contribution in [0.3, 0.4) is 0 Å². The number of hydrogen-bond acceptors (Lipinski definition) is 4. The molecule has 6 nitrogen and oxygen atoms in total. The summed E-state index contributed by atoms with van der Waals surface area (Å²) in [4.78, 5) is 27.5. The second-order valence-electron chi connectivity index (χ2n) is 7.53. The van der Waals surface area contributed by atoms with Gasteiger partial charge >= 0.3 is 0 Å². The molecule has 1 aromatic heterocycles. The molecule has 3 aromatic rings. The van der Waals surface area contributed by atoms with Crippen molar-refractivity contribution in [3.63, 3.8) is 0 Å². The summed E-state index contributed by atoms with van der Waals surface area (Å²) in [6.07, 6.45) is 2.12. The number of para-hydroxylation sites is 1. The lowest BCUT2D eigenvalue weighted by molar-refractivity contribution is -0.117. The van der Waals surface area contributed by atoms with Gasteiger partial charge in [-0.1, -0.05) is 37.3 Å². The first-order valence-corrected chi connectivity index (χ1v) is 9.82. The Bertz CT molecular complexity index is 1100. The standard InChI is InChI=1S/C22H23FN4O2/c1-15-10-12-26(13-11-15)21-16-6-2-3-7-17(16)22(29)27(25-21)14-20(28)24-19-9-5-4-8-18(19)23/h2-9,15H,10-14H2,1H3,(H,24,28). The van der Waals surface area contributed by atoms with E-state index in [1.54, 1.807) is 24.3 Å². The molecule has 0 saturated carbocycles. The highest BCUT2D eigenvalue weighted by molar-refractivity contribution is 5.93. The van der Waals surface area contributed by atoms with Crippen LogP contribution in [0.15, 0.2) is 53.3 Å². The van der Waals surface area contributed by atoms with Crippen LogP contribution < -0.4 is 15.8 Å². The average molecular weight is 394 g/mol. The SMILES string of the molecule is CC1CCN(c2nn(CC(=O)Nc3ccccc3F)c(=O)c3ccccc23)CC1. The number of benzene rings is 2. The summed E-state index contributed by atoms with van der Waals surface area (Å²) in [6.45, 7) is 3.67. The maximum atomic E-state index is 13.8. The molecular weight excluding hydrogens is 371 g/mol. The fourth-order valence-electron chi connectivity index (χ4n) is 3.67. The number of anilines is 2. The maximum Gasteiger partial charge on any atom is 0.275 e. The number of fused-ring (bicyclic) bond motifs is 1. The number of halogens is 1. The predicted molar refractivity (Wildman–Crippen MR) is 112 cm³/mol. The van der Waals surface area contributed by atoms with Gasteiger partial charge in [0, 0.05) is 18.5 Å². The Labute approximate surface area is 167 Å². The fraction of sp³-hybridized carbons (Fsp3) is 0.318. The Hall–Kier alpha value is -3.22. The van der Waals surface area contributed by atoms with Crippen LogP contribution in [0.5, 0.6) is 0 Å². The maximum absolute atomic E-state index is 13.8. The predicted octanol–water partition coefficient (Wildman–Crippen LogP) is 3.41. The first-order valence-electron chi connectivity index (χ1n) is 9.82. The van der Waals surface area contributed by atoms with Crippen molar-refractivity contribution < 1.29 is 9.18 Å². The summed E-state index contributed by atoms with van der Waals surface area (Å²) in [5.41, 5.74) is -0.255. The Morgan fingerprint density at radius 1 is 1.10 bits per heavy atom. The molecule has 7 heteroatoms. The zero-order chi connectivity index (χ0) is 20.4. The van der Waals surface area contributed by atoms with E-state index in [4.69, 9.17) is 0 Å². The van der Waals surface area contributed by atoms with E-state index in [2.05, 4.69) is 22.2 Å². The van der Waals surface area contributed by atoms with E-state index in [9.17, 15) is 14.0 Å². The highest BCUT2D eigenvalue weighted by atomic mass is 19.1. The molecule has 1 aliphatic rings. The highest BCUT2D eigenvalue weighted by Gasteiger charge is 2.21. The molecule has 0 spiro atoms. The van der Waals surface area contributed by atoms with Gasteiger partial charge in [0.2, 0.25) is 5.91 Å². The van der Waals surface area contributed by atoms with E-state index in [0.717, 1.165) is 31.3 Å². The third kappa shape index (κ3) is 3.99. The van der Waals surface area contributed by atoms with Crippen LogP contribution >= 0.6 is 0 Å². The number of carbonyl (C=O) groups excluding carboxylic acids is 1. The van der Waals surface area contributed by atoms with Gasteiger partial charge in [0.1, 0.15) is 12.4 Å². The van der Waals surface area contributed by atoms with Gasteiger partial charge in [0.25, 0.3) is 5.56 Å². The topological polar surface area (TPSA) is 67.2 Å². The molecule has 0 bridgehead atoms. The third-order valence-electron chi connectivity index (χ3n) is 5.37. The first kappa shape index (κ1) is 19.1. The largest absolute Gasteiger partial charge is 0.355 e. The summed E-state index contributed by atoms with van der Waals surface area (Å²) in [5.74, 6) is 0.349. The Morgan fingerprint density at radius 2 is 1.76 bits per heavy atom. The Kier molecular flexibility index (Phi) is 5.29. The van der Waals surface area contributed by atoms with Crippen molar-refractivity contribution in [1.29, 1.82) is 0 Å². The van der Waals surface area contributed by atoms with Crippen LogP contribution in [0, 0.1) is 11.7 Å². The van der Waals surface area contributed by atoms with Crippen LogP contribution in [-0.4, -0.2) is 28.8 Å². The van der Waals surface area contributed by atoms with Gasteiger partial charge in [-0.05, 0) is 37.0 Å². The highest BCUT2D eigenvalue weighted by Crippen LogP contribution is 2.26. The molecule has 0 atom stereocenters. The summed E-state index contributed by atoms with van der Waals surface area (Å²) in [7, 11) is 0. The van der Waals surface area contributed by atoms with Gasteiger partial charge in [-0.15, -0.1) is 0 Å². The minimum Gasteiger partial charge on any atom is -0.355 e. The van der Waals surface area contributed by atoms with Crippen LogP contribution in [-0.2, 0) is 11.3 Å². The van der Waals surface area contributed by atoms with Crippen LogP contribution in [0.2, 0.25) is 0 Å². The van der Waals surface area contributed by atoms with Gasteiger partial charge in [-0.2, -0.15) is 5.10 Å². The molecule has 0 unspecified atom stereocenters. The second kappa shape index (κ2) is 8.03.